The first-order chi connectivity index (χ1) is 14.7. The van der Waals surface area contributed by atoms with Gasteiger partial charge in [-0.15, -0.1) is 0 Å². The van der Waals surface area contributed by atoms with E-state index in [1.54, 1.807) is 24.3 Å². The number of carbonyl (C=O) groups excluding carboxylic acids is 1. The van der Waals surface area contributed by atoms with Gasteiger partial charge in [0, 0.05) is 40.4 Å². The van der Waals surface area contributed by atoms with Crippen molar-refractivity contribution in [2.45, 2.75) is 46.5 Å². The molecule has 1 aliphatic rings. The maximum absolute atomic E-state index is 12.5. The second-order valence-electron chi connectivity index (χ2n) is 7.33. The first kappa shape index (κ1) is 22.4. The van der Waals surface area contributed by atoms with Gasteiger partial charge >= 0.3 is 5.97 Å². The molecule has 0 fully saturated rings. The average Bonchev–Trinajstić information content (AvgIpc) is 3.04. The van der Waals surface area contributed by atoms with Crippen molar-refractivity contribution < 1.29 is 23.4 Å². The third kappa shape index (κ3) is 4.29. The van der Waals surface area contributed by atoms with E-state index in [4.69, 9.17) is 28.5 Å². The zero-order valence-corrected chi connectivity index (χ0v) is 19.5. The van der Waals surface area contributed by atoms with Crippen LogP contribution in [0.2, 0.25) is 10.0 Å². The number of rotatable bonds is 5. The molecular formula is C20H18Cl2N2O5S2. The summed E-state index contributed by atoms with van der Waals surface area (Å²) in [6.07, 6.45) is 4.07. The molecule has 31 heavy (non-hydrogen) atoms. The number of hydrogen-bond donors (Lipinski definition) is 1. The fourth-order valence-electron chi connectivity index (χ4n) is 4.01. The Balaban J connectivity index is 1.99. The Morgan fingerprint density at radius 2 is 2.10 bits per heavy atom. The number of aromatic nitrogens is 2. The molecule has 1 atom stereocenters. The molecule has 164 valence electrons. The smallest absolute Gasteiger partial charge is 0.342 e. The number of nitrogens with zero attached hydrogens (tertiary/aromatic N) is 2. The van der Waals surface area contributed by atoms with Gasteiger partial charge in [0.1, 0.15) is 0 Å². The van der Waals surface area contributed by atoms with Crippen LogP contribution in [0.5, 0.6) is 0 Å². The lowest BCUT2D eigenvalue weighted by Gasteiger charge is -2.25. The van der Waals surface area contributed by atoms with E-state index in [2.05, 4.69) is 9.87 Å². The lowest BCUT2D eigenvalue weighted by molar-refractivity contribution is -0.234. The molecule has 11 heteroatoms. The topological polar surface area (TPSA) is 98.5 Å². The van der Waals surface area contributed by atoms with Crippen LogP contribution in [0.1, 0.15) is 30.9 Å². The van der Waals surface area contributed by atoms with E-state index in [0.29, 0.717) is 33.3 Å². The monoisotopic (exact) mass is 500 g/mol. The normalized spacial score (nSPS) is 16.3. The fraction of sp³-hybridized carbons (Fsp3) is 0.300. The van der Waals surface area contributed by atoms with Crippen molar-refractivity contribution in [3.8, 4) is 0 Å². The summed E-state index contributed by atoms with van der Waals surface area (Å²) in [7, 11) is -3.62. The minimum Gasteiger partial charge on any atom is -0.343 e. The zero-order valence-electron chi connectivity index (χ0n) is 16.3. The number of benzene rings is 1. The van der Waals surface area contributed by atoms with E-state index in [1.165, 1.54) is 18.0 Å². The molecule has 1 aliphatic heterocycles. The van der Waals surface area contributed by atoms with E-state index in [9.17, 15) is 13.2 Å². The predicted octanol–water partition coefficient (Wildman–Crippen LogP) is 5.18. The van der Waals surface area contributed by atoms with Crippen molar-refractivity contribution in [1.82, 2.24) is 9.55 Å². The summed E-state index contributed by atoms with van der Waals surface area (Å²) in [6, 6.07) is 6.96. The predicted molar refractivity (Wildman–Crippen MR) is 119 cm³/mol. The Hall–Kier alpha value is -1.78. The Morgan fingerprint density at radius 3 is 2.77 bits per heavy atom. The van der Waals surface area contributed by atoms with Gasteiger partial charge in [0.25, 0.3) is 0 Å². The maximum Gasteiger partial charge on any atom is 0.342 e. The van der Waals surface area contributed by atoms with Crippen LogP contribution >= 0.6 is 35.0 Å². The molecule has 4 rings (SSSR count). The standard InChI is InChI=1S/C20H18Cl2N2O5S2/c1-31(27,28)20-17-15(6-7-23-20)24-8-2-3-11(9-16(25)29-26)18(24)19(17)30-12-4-5-13(21)14(22)10-12/h4-7,10-11,26H,2-3,8-9H2,1H3. The first-order valence-electron chi connectivity index (χ1n) is 9.39. The minimum atomic E-state index is -3.62. The first-order valence-corrected chi connectivity index (χ1v) is 12.9. The lowest BCUT2D eigenvalue weighted by atomic mass is 9.93. The molecule has 0 amide bonds. The van der Waals surface area contributed by atoms with E-state index < -0.39 is 15.8 Å². The average molecular weight is 501 g/mol. The molecule has 3 aromatic rings. The molecule has 1 N–H and O–H groups in total. The molecule has 2 aromatic heterocycles. The maximum atomic E-state index is 12.5. The number of carbonyl (C=O) groups is 1. The highest BCUT2D eigenvalue weighted by Gasteiger charge is 2.32. The van der Waals surface area contributed by atoms with Gasteiger partial charge < -0.3 is 9.45 Å². The third-order valence-corrected chi connectivity index (χ3v) is 8.09. The lowest BCUT2D eigenvalue weighted by Crippen LogP contribution is -2.19. The zero-order chi connectivity index (χ0) is 22.3. The molecule has 0 saturated carbocycles. The van der Waals surface area contributed by atoms with Gasteiger partial charge in [-0.05, 0) is 37.1 Å². The second-order valence-corrected chi connectivity index (χ2v) is 11.2. The highest BCUT2D eigenvalue weighted by Crippen LogP contribution is 2.47. The SMILES string of the molecule is CS(=O)(=O)c1nccc2c1c(Sc1ccc(Cl)c(Cl)c1)c1n2CCCC1CC(=O)OO. The van der Waals surface area contributed by atoms with Crippen LogP contribution in [0.15, 0.2) is 45.3 Å². The molecule has 1 aromatic carbocycles. The third-order valence-electron chi connectivity index (χ3n) is 5.23. The molecule has 0 spiro atoms. The molecule has 1 unspecified atom stereocenters. The second kappa shape index (κ2) is 8.63. The number of fused-ring (bicyclic) bond motifs is 3. The minimum absolute atomic E-state index is 0.0158. The summed E-state index contributed by atoms with van der Waals surface area (Å²) in [5.41, 5.74) is 1.55. The van der Waals surface area contributed by atoms with Gasteiger partial charge in [0.15, 0.2) is 14.9 Å². The molecule has 3 heterocycles. The van der Waals surface area contributed by atoms with Gasteiger partial charge in [0.05, 0.1) is 27.4 Å². The summed E-state index contributed by atoms with van der Waals surface area (Å²) >= 11 is 13.6. The Labute approximate surface area is 193 Å². The summed E-state index contributed by atoms with van der Waals surface area (Å²) in [4.78, 5) is 21.4. The van der Waals surface area contributed by atoms with Gasteiger partial charge in [-0.1, -0.05) is 35.0 Å². The summed E-state index contributed by atoms with van der Waals surface area (Å²) in [6.45, 7) is 0.672. The van der Waals surface area contributed by atoms with E-state index >= 15 is 0 Å². The van der Waals surface area contributed by atoms with Crippen molar-refractivity contribution in [1.29, 1.82) is 0 Å². The number of hydrogen-bond acceptors (Lipinski definition) is 7. The fourth-order valence-corrected chi connectivity index (χ4v) is 6.50. The Bertz CT molecular complexity index is 1290. The number of sulfone groups is 1. The van der Waals surface area contributed by atoms with Crippen LogP contribution in [-0.4, -0.2) is 35.5 Å². The number of pyridine rings is 1. The van der Waals surface area contributed by atoms with Crippen molar-refractivity contribution >= 4 is 61.7 Å². The van der Waals surface area contributed by atoms with Gasteiger partial charge in [-0.25, -0.2) is 18.2 Å². The number of halogens is 2. The van der Waals surface area contributed by atoms with Gasteiger partial charge in [-0.2, -0.15) is 5.26 Å². The molecule has 7 nitrogen and oxygen atoms in total. The molecule has 0 saturated heterocycles. The summed E-state index contributed by atoms with van der Waals surface area (Å²) in [5, 5.41) is 10.1. The molecule has 0 radical (unpaired) electrons. The van der Waals surface area contributed by atoms with Crippen molar-refractivity contribution in [3.05, 3.63) is 46.2 Å². The summed E-state index contributed by atoms with van der Waals surface area (Å²) < 4.78 is 27.1. The van der Waals surface area contributed by atoms with Crippen molar-refractivity contribution in [2.24, 2.45) is 0 Å². The largest absolute Gasteiger partial charge is 0.343 e. The Morgan fingerprint density at radius 1 is 1.32 bits per heavy atom. The number of aryl methyl sites for hydroxylation is 1. The Kier molecular flexibility index (Phi) is 6.24. The van der Waals surface area contributed by atoms with Gasteiger partial charge in [0.2, 0.25) is 0 Å². The van der Waals surface area contributed by atoms with E-state index in [0.717, 1.165) is 28.8 Å². The molecular weight excluding hydrogens is 483 g/mol. The van der Waals surface area contributed by atoms with Crippen LogP contribution in [0.4, 0.5) is 0 Å². The summed E-state index contributed by atoms with van der Waals surface area (Å²) in [5.74, 6) is -0.992. The van der Waals surface area contributed by atoms with E-state index in [1.807, 2.05) is 4.57 Å². The van der Waals surface area contributed by atoms with E-state index in [-0.39, 0.29) is 17.4 Å². The highest BCUT2D eigenvalue weighted by molar-refractivity contribution is 7.99. The van der Waals surface area contributed by atoms with Crippen LogP contribution in [-0.2, 0) is 26.1 Å². The van der Waals surface area contributed by atoms with Crippen LogP contribution < -0.4 is 0 Å². The van der Waals surface area contributed by atoms with Crippen LogP contribution in [0.3, 0.4) is 0 Å². The quantitative estimate of drug-likeness (QED) is 0.380. The highest BCUT2D eigenvalue weighted by atomic mass is 35.5. The van der Waals surface area contributed by atoms with Crippen LogP contribution in [0.25, 0.3) is 10.9 Å². The van der Waals surface area contributed by atoms with Gasteiger partial charge in [-0.3, -0.25) is 0 Å². The van der Waals surface area contributed by atoms with Crippen LogP contribution in [0, 0.1) is 0 Å². The van der Waals surface area contributed by atoms with Crippen molar-refractivity contribution in [3.63, 3.8) is 0 Å². The molecule has 0 bridgehead atoms. The molecule has 0 aliphatic carbocycles. The van der Waals surface area contributed by atoms with Crippen molar-refractivity contribution in [2.75, 3.05) is 6.26 Å².